The zero-order valence-electron chi connectivity index (χ0n) is 37.5. The number of nitrogens with zero attached hydrogens (tertiary/aromatic N) is 2. The van der Waals surface area contributed by atoms with E-state index in [9.17, 15) is 0 Å². The Kier molecular flexibility index (Phi) is 8.82. The van der Waals surface area contributed by atoms with E-state index >= 15 is 0 Å². The first-order chi connectivity index (χ1) is 30.4. The lowest BCUT2D eigenvalue weighted by molar-refractivity contribution is 0.661. The van der Waals surface area contributed by atoms with Gasteiger partial charge in [-0.3, -0.25) is 0 Å². The molecule has 4 nitrogen and oxygen atoms in total. The highest BCUT2D eigenvalue weighted by atomic mass is 16.3. The smallest absolute Gasteiger partial charge is 0.147 e. The number of benzene rings is 9. The SMILES string of the molecule is Cc1cccc(N(c2ccc3cc4c(cc3c2)oc2c4cc(C)c3oc4cc5cc(N(c6cccc(C)c6C)c6cccc(C)c6C)ccc5cc4c32)c2cccc(C)c2C)c1C. The molecule has 63 heavy (non-hydrogen) atoms. The van der Waals surface area contributed by atoms with Gasteiger partial charge in [0, 0.05) is 50.3 Å². The quantitative estimate of drug-likeness (QED) is 0.167. The predicted molar refractivity (Wildman–Crippen MR) is 268 cm³/mol. The molecular formula is C59H50N2O2. The molecule has 0 aliphatic rings. The summed E-state index contributed by atoms with van der Waals surface area (Å²) < 4.78 is 13.8. The Bertz CT molecular complexity index is 3590. The second-order valence-corrected chi connectivity index (χ2v) is 17.8. The molecule has 2 aromatic heterocycles. The summed E-state index contributed by atoms with van der Waals surface area (Å²) in [5.41, 5.74) is 21.6. The standard InChI is InChI=1S/C59H50N2O2/c1-33-14-10-18-51(38(33)6)60(52-19-11-15-34(2)39(52)7)46-24-22-42-29-48-49-26-37(5)58-57(59(49)63-55(48)31-44(42)27-46)50-30-43-23-25-47(28-45(43)32-56(50)62-58)61(53-20-12-16-35(3)40(53)8)54-21-13-17-36(4)41(54)9/h10-32H,1-9H3. The normalized spacial score (nSPS) is 11.9. The molecule has 0 N–H and O–H groups in total. The predicted octanol–water partition coefficient (Wildman–Crippen LogP) is 17.5. The topological polar surface area (TPSA) is 32.8 Å². The minimum atomic E-state index is 0.850. The molecule has 11 aromatic rings. The molecule has 0 atom stereocenters. The largest absolute Gasteiger partial charge is 0.456 e. The highest BCUT2D eigenvalue weighted by Crippen LogP contribution is 2.46. The molecule has 308 valence electrons. The maximum Gasteiger partial charge on any atom is 0.147 e. The van der Waals surface area contributed by atoms with Crippen LogP contribution in [0.3, 0.4) is 0 Å². The van der Waals surface area contributed by atoms with E-state index in [-0.39, 0.29) is 0 Å². The van der Waals surface area contributed by atoms with Gasteiger partial charge < -0.3 is 18.6 Å². The van der Waals surface area contributed by atoms with Crippen LogP contribution in [-0.2, 0) is 0 Å². The fourth-order valence-electron chi connectivity index (χ4n) is 9.79. The number of anilines is 6. The second-order valence-electron chi connectivity index (χ2n) is 17.8. The fraction of sp³-hybridized carbons (Fsp3) is 0.153. The van der Waals surface area contributed by atoms with E-state index < -0.39 is 0 Å². The molecule has 9 aromatic carbocycles. The molecule has 0 saturated heterocycles. The highest BCUT2D eigenvalue weighted by molar-refractivity contribution is 6.25. The number of rotatable bonds is 6. The molecular weight excluding hydrogens is 769 g/mol. The Hall–Kier alpha value is -7.30. The molecule has 0 unspecified atom stereocenters. The number of hydrogen-bond acceptors (Lipinski definition) is 4. The van der Waals surface area contributed by atoms with Crippen molar-refractivity contribution in [3.05, 3.63) is 190 Å². The first-order valence-corrected chi connectivity index (χ1v) is 22.0. The molecule has 0 bridgehead atoms. The Morgan fingerprint density at radius 2 is 0.714 bits per heavy atom. The van der Waals surface area contributed by atoms with Crippen LogP contribution in [0.1, 0.15) is 50.1 Å². The zero-order valence-corrected chi connectivity index (χ0v) is 37.5. The van der Waals surface area contributed by atoms with Crippen LogP contribution >= 0.6 is 0 Å². The Balaban J connectivity index is 1.07. The molecule has 0 fully saturated rings. The van der Waals surface area contributed by atoms with E-state index in [2.05, 4.69) is 212 Å². The number of furan rings is 2. The summed E-state index contributed by atoms with van der Waals surface area (Å²) in [7, 11) is 0. The summed E-state index contributed by atoms with van der Waals surface area (Å²) in [6, 6.07) is 51.2. The van der Waals surface area contributed by atoms with E-state index in [0.717, 1.165) is 77.0 Å². The van der Waals surface area contributed by atoms with E-state index in [0.29, 0.717) is 0 Å². The van der Waals surface area contributed by atoms with Crippen molar-refractivity contribution < 1.29 is 8.83 Å². The van der Waals surface area contributed by atoms with Crippen molar-refractivity contribution in [3.63, 3.8) is 0 Å². The monoisotopic (exact) mass is 818 g/mol. The van der Waals surface area contributed by atoms with Crippen molar-refractivity contribution in [2.75, 3.05) is 9.80 Å². The van der Waals surface area contributed by atoms with Gasteiger partial charge >= 0.3 is 0 Å². The van der Waals surface area contributed by atoms with Gasteiger partial charge in [0.1, 0.15) is 22.3 Å². The first-order valence-electron chi connectivity index (χ1n) is 22.0. The van der Waals surface area contributed by atoms with Gasteiger partial charge in [-0.15, -0.1) is 0 Å². The summed E-state index contributed by atoms with van der Waals surface area (Å²) in [6.45, 7) is 19.8. The summed E-state index contributed by atoms with van der Waals surface area (Å²) in [5, 5.41) is 8.86. The van der Waals surface area contributed by atoms with Gasteiger partial charge in [0.25, 0.3) is 0 Å². The average molecular weight is 819 g/mol. The van der Waals surface area contributed by atoms with Gasteiger partial charge in [0.2, 0.25) is 0 Å². The van der Waals surface area contributed by atoms with E-state index in [1.165, 1.54) is 72.6 Å². The minimum absolute atomic E-state index is 0.850. The Labute approximate surface area is 368 Å². The Morgan fingerprint density at radius 3 is 1.16 bits per heavy atom. The van der Waals surface area contributed by atoms with Crippen molar-refractivity contribution >= 4 is 99.5 Å². The van der Waals surface area contributed by atoms with Gasteiger partial charge in [0.15, 0.2) is 0 Å². The lowest BCUT2D eigenvalue weighted by Gasteiger charge is -2.30. The van der Waals surface area contributed by atoms with Crippen molar-refractivity contribution in [1.29, 1.82) is 0 Å². The lowest BCUT2D eigenvalue weighted by atomic mass is 9.99. The number of aryl methyl sites for hydroxylation is 5. The first kappa shape index (κ1) is 38.6. The molecule has 0 aliphatic heterocycles. The van der Waals surface area contributed by atoms with Crippen molar-refractivity contribution in [2.24, 2.45) is 0 Å². The van der Waals surface area contributed by atoms with Gasteiger partial charge in [0.05, 0.1) is 5.39 Å². The van der Waals surface area contributed by atoms with Crippen LogP contribution in [0.4, 0.5) is 34.1 Å². The molecule has 0 spiro atoms. The summed E-state index contributed by atoms with van der Waals surface area (Å²) in [4.78, 5) is 4.82. The van der Waals surface area contributed by atoms with Crippen molar-refractivity contribution in [3.8, 4) is 0 Å². The van der Waals surface area contributed by atoms with Crippen molar-refractivity contribution in [1.82, 2.24) is 0 Å². The van der Waals surface area contributed by atoms with E-state index in [4.69, 9.17) is 8.83 Å². The van der Waals surface area contributed by atoms with Crippen LogP contribution in [0, 0.1) is 62.3 Å². The van der Waals surface area contributed by atoms with E-state index in [1.807, 2.05) is 0 Å². The molecule has 0 radical (unpaired) electrons. The molecule has 0 amide bonds. The third-order valence-corrected chi connectivity index (χ3v) is 14.0. The van der Waals surface area contributed by atoms with Crippen LogP contribution in [-0.4, -0.2) is 0 Å². The lowest BCUT2D eigenvalue weighted by Crippen LogP contribution is -2.13. The maximum atomic E-state index is 6.96. The van der Waals surface area contributed by atoms with E-state index in [1.54, 1.807) is 0 Å². The van der Waals surface area contributed by atoms with Crippen molar-refractivity contribution in [2.45, 2.75) is 62.3 Å². The number of hydrogen-bond donors (Lipinski definition) is 0. The molecule has 2 heterocycles. The third-order valence-electron chi connectivity index (χ3n) is 14.0. The van der Waals surface area contributed by atoms with Crippen LogP contribution in [0.5, 0.6) is 0 Å². The highest BCUT2D eigenvalue weighted by Gasteiger charge is 2.23. The zero-order chi connectivity index (χ0) is 43.4. The molecule has 0 aliphatic carbocycles. The van der Waals surface area contributed by atoms with Crippen LogP contribution in [0.2, 0.25) is 0 Å². The third kappa shape index (κ3) is 6.03. The molecule has 11 rings (SSSR count). The fourth-order valence-corrected chi connectivity index (χ4v) is 9.79. The van der Waals surface area contributed by atoms with Gasteiger partial charge in [-0.05, 0) is 213 Å². The maximum absolute atomic E-state index is 6.96. The average Bonchev–Trinajstić information content (AvgIpc) is 3.82. The summed E-state index contributed by atoms with van der Waals surface area (Å²) in [6.07, 6.45) is 0. The summed E-state index contributed by atoms with van der Waals surface area (Å²) >= 11 is 0. The molecule has 0 saturated carbocycles. The van der Waals surface area contributed by atoms with Crippen LogP contribution in [0.15, 0.2) is 148 Å². The number of fused-ring (bicyclic) bond motifs is 9. The van der Waals surface area contributed by atoms with Crippen LogP contribution < -0.4 is 9.80 Å². The Morgan fingerprint density at radius 1 is 0.317 bits per heavy atom. The van der Waals surface area contributed by atoms with Crippen LogP contribution in [0.25, 0.3) is 65.4 Å². The molecule has 4 heteroatoms. The minimum Gasteiger partial charge on any atom is -0.456 e. The van der Waals surface area contributed by atoms with Gasteiger partial charge in [-0.1, -0.05) is 60.7 Å². The summed E-state index contributed by atoms with van der Waals surface area (Å²) in [5.74, 6) is 0. The van der Waals surface area contributed by atoms with Gasteiger partial charge in [-0.25, -0.2) is 0 Å². The second kappa shape index (κ2) is 14.4. The van der Waals surface area contributed by atoms with Gasteiger partial charge in [-0.2, -0.15) is 0 Å².